The molecule has 6 heteroatoms. The van der Waals surface area contributed by atoms with Gasteiger partial charge in [-0.25, -0.2) is 4.79 Å². The lowest BCUT2D eigenvalue weighted by Gasteiger charge is -2.34. The highest BCUT2D eigenvalue weighted by atomic mass is 32.1. The van der Waals surface area contributed by atoms with E-state index in [2.05, 4.69) is 36.1 Å². The van der Waals surface area contributed by atoms with Crippen molar-refractivity contribution in [3.63, 3.8) is 0 Å². The molecule has 1 aromatic carbocycles. The maximum Gasteiger partial charge on any atom is 0.331 e. The molecule has 0 radical (unpaired) electrons. The molecule has 2 aromatic rings. The number of hydrogen-bond acceptors (Lipinski definition) is 5. The summed E-state index contributed by atoms with van der Waals surface area (Å²) in [6.07, 6.45) is 3.04. The maximum atomic E-state index is 12.3. The number of nitrogens with zero attached hydrogens (tertiary/aromatic N) is 2. The van der Waals surface area contributed by atoms with Crippen LogP contribution in [0, 0.1) is 6.92 Å². The second-order valence-electron chi connectivity index (χ2n) is 6.64. The number of benzene rings is 1. The quantitative estimate of drug-likeness (QED) is 0.568. The summed E-state index contributed by atoms with van der Waals surface area (Å²) in [5.74, 6) is -0.630. The third kappa shape index (κ3) is 6.05. The zero-order chi connectivity index (χ0) is 19.1. The van der Waals surface area contributed by atoms with Crippen molar-refractivity contribution in [2.24, 2.45) is 0 Å². The molecule has 1 saturated heterocycles. The number of esters is 1. The van der Waals surface area contributed by atoms with E-state index in [1.165, 1.54) is 17.2 Å². The molecule has 27 heavy (non-hydrogen) atoms. The lowest BCUT2D eigenvalue weighted by atomic mass is 10.1. The highest BCUT2D eigenvalue weighted by Gasteiger charge is 2.21. The van der Waals surface area contributed by atoms with Crippen molar-refractivity contribution < 1.29 is 14.3 Å². The Bertz CT molecular complexity index is 794. The number of carbonyl (C=O) groups is 2. The van der Waals surface area contributed by atoms with Crippen molar-refractivity contribution in [1.82, 2.24) is 9.80 Å². The van der Waals surface area contributed by atoms with Gasteiger partial charge in [0.2, 0.25) is 0 Å². The van der Waals surface area contributed by atoms with Crippen LogP contribution in [-0.4, -0.2) is 54.5 Å². The molecule has 0 N–H and O–H groups in total. The third-order valence-corrected chi connectivity index (χ3v) is 5.21. The fraction of sp³-hybridized carbons (Fsp3) is 0.333. The van der Waals surface area contributed by atoms with Crippen molar-refractivity contribution >= 4 is 29.3 Å². The lowest BCUT2D eigenvalue weighted by molar-refractivity contribution is -0.149. The Morgan fingerprint density at radius 2 is 2.00 bits per heavy atom. The molecule has 0 unspecified atom stereocenters. The summed E-state index contributed by atoms with van der Waals surface area (Å²) in [6.45, 7) is 5.75. The smallest absolute Gasteiger partial charge is 0.331 e. The molecule has 1 aliphatic heterocycles. The fourth-order valence-electron chi connectivity index (χ4n) is 3.03. The van der Waals surface area contributed by atoms with Crippen molar-refractivity contribution in [3.05, 3.63) is 63.9 Å². The van der Waals surface area contributed by atoms with Crippen molar-refractivity contribution in [2.75, 3.05) is 32.8 Å². The standard InChI is InChI=1S/C21H24N2O3S/c1-17-3-2-4-19(13-17)14-22-8-10-23(11-9-22)20(24)15-26-21(25)6-5-18-7-12-27-16-18/h2-7,12-13,16H,8-11,14-15H2,1H3/b6-5+. The van der Waals surface area contributed by atoms with Crippen LogP contribution in [0.2, 0.25) is 0 Å². The van der Waals surface area contributed by atoms with Crippen LogP contribution in [0.15, 0.2) is 47.2 Å². The first kappa shape index (κ1) is 19.3. The molecular formula is C21H24N2O3S. The van der Waals surface area contributed by atoms with E-state index in [9.17, 15) is 9.59 Å². The molecule has 142 valence electrons. The largest absolute Gasteiger partial charge is 0.452 e. The fourth-order valence-corrected chi connectivity index (χ4v) is 3.66. The minimum absolute atomic E-state index is 0.137. The molecule has 0 spiro atoms. The predicted octanol–water partition coefficient (Wildman–Crippen LogP) is 2.96. The highest BCUT2D eigenvalue weighted by molar-refractivity contribution is 7.08. The topological polar surface area (TPSA) is 49.9 Å². The van der Waals surface area contributed by atoms with Crippen LogP contribution in [0.1, 0.15) is 16.7 Å². The molecule has 5 nitrogen and oxygen atoms in total. The summed E-state index contributed by atoms with van der Waals surface area (Å²) in [5.41, 5.74) is 3.50. The number of rotatable bonds is 6. The van der Waals surface area contributed by atoms with E-state index < -0.39 is 5.97 Å². The van der Waals surface area contributed by atoms with Crippen molar-refractivity contribution in [2.45, 2.75) is 13.5 Å². The van der Waals surface area contributed by atoms with E-state index >= 15 is 0 Å². The van der Waals surface area contributed by atoms with Crippen LogP contribution >= 0.6 is 11.3 Å². The zero-order valence-electron chi connectivity index (χ0n) is 15.5. The first-order valence-corrected chi connectivity index (χ1v) is 9.97. The van der Waals surface area contributed by atoms with Gasteiger partial charge in [0.05, 0.1) is 0 Å². The Labute approximate surface area is 163 Å². The Hall–Kier alpha value is -2.44. The number of amides is 1. The van der Waals surface area contributed by atoms with Crippen LogP contribution in [-0.2, 0) is 20.9 Å². The molecule has 2 heterocycles. The van der Waals surface area contributed by atoms with Gasteiger partial charge in [-0.15, -0.1) is 0 Å². The monoisotopic (exact) mass is 384 g/mol. The lowest BCUT2D eigenvalue weighted by Crippen LogP contribution is -2.49. The van der Waals surface area contributed by atoms with Gasteiger partial charge in [-0.2, -0.15) is 11.3 Å². The van der Waals surface area contributed by atoms with Crippen molar-refractivity contribution in [1.29, 1.82) is 0 Å². The molecule has 1 aromatic heterocycles. The molecule has 1 aliphatic rings. The summed E-state index contributed by atoms with van der Waals surface area (Å²) in [4.78, 5) is 28.1. The number of ether oxygens (including phenoxy) is 1. The van der Waals surface area contributed by atoms with Gasteiger partial charge in [0.25, 0.3) is 5.91 Å². The molecular weight excluding hydrogens is 360 g/mol. The molecule has 1 amide bonds. The summed E-state index contributed by atoms with van der Waals surface area (Å²) in [6, 6.07) is 10.4. The van der Waals surface area contributed by atoms with Gasteiger partial charge in [0.1, 0.15) is 0 Å². The van der Waals surface area contributed by atoms with Gasteiger partial charge in [0, 0.05) is 38.8 Å². The Morgan fingerprint density at radius 1 is 1.19 bits per heavy atom. The summed E-state index contributed by atoms with van der Waals surface area (Å²) >= 11 is 1.56. The Balaban J connectivity index is 1.38. The van der Waals surface area contributed by atoms with Crippen LogP contribution in [0.5, 0.6) is 0 Å². The second-order valence-corrected chi connectivity index (χ2v) is 7.42. The zero-order valence-corrected chi connectivity index (χ0v) is 16.3. The number of hydrogen-bond donors (Lipinski definition) is 0. The van der Waals surface area contributed by atoms with E-state index in [0.29, 0.717) is 13.1 Å². The van der Waals surface area contributed by atoms with Gasteiger partial charge >= 0.3 is 5.97 Å². The second kappa shape index (κ2) is 9.48. The number of carbonyl (C=O) groups excluding carboxylic acids is 2. The Morgan fingerprint density at radius 3 is 2.70 bits per heavy atom. The van der Waals surface area contributed by atoms with E-state index in [4.69, 9.17) is 4.74 Å². The minimum atomic E-state index is -0.493. The molecule has 0 atom stereocenters. The molecule has 0 bridgehead atoms. The first-order chi connectivity index (χ1) is 13.1. The minimum Gasteiger partial charge on any atom is -0.452 e. The average molecular weight is 385 g/mol. The number of aryl methyl sites for hydroxylation is 1. The third-order valence-electron chi connectivity index (χ3n) is 4.51. The van der Waals surface area contributed by atoms with Gasteiger partial charge < -0.3 is 9.64 Å². The first-order valence-electron chi connectivity index (χ1n) is 9.03. The van der Waals surface area contributed by atoms with Gasteiger partial charge in [0.15, 0.2) is 6.61 Å². The number of thiophene rings is 1. The van der Waals surface area contributed by atoms with Crippen LogP contribution in [0.3, 0.4) is 0 Å². The van der Waals surface area contributed by atoms with E-state index in [0.717, 1.165) is 25.2 Å². The van der Waals surface area contributed by atoms with Crippen molar-refractivity contribution in [3.8, 4) is 0 Å². The summed E-state index contributed by atoms with van der Waals surface area (Å²) in [5, 5.41) is 3.87. The van der Waals surface area contributed by atoms with E-state index in [1.807, 2.05) is 16.8 Å². The normalized spacial score (nSPS) is 15.2. The SMILES string of the molecule is Cc1cccc(CN2CCN(C(=O)COC(=O)/C=C/c3ccsc3)CC2)c1. The average Bonchev–Trinajstić information content (AvgIpc) is 3.19. The number of piperazine rings is 1. The molecule has 0 aliphatic carbocycles. The highest BCUT2D eigenvalue weighted by Crippen LogP contribution is 2.11. The van der Waals surface area contributed by atoms with Crippen LogP contribution < -0.4 is 0 Å². The van der Waals surface area contributed by atoms with Gasteiger partial charge in [-0.3, -0.25) is 9.69 Å². The molecule has 3 rings (SSSR count). The van der Waals surface area contributed by atoms with Gasteiger partial charge in [-0.1, -0.05) is 29.8 Å². The molecule has 1 fully saturated rings. The van der Waals surface area contributed by atoms with Gasteiger partial charge in [-0.05, 0) is 41.0 Å². The van der Waals surface area contributed by atoms with E-state index in [-0.39, 0.29) is 12.5 Å². The summed E-state index contributed by atoms with van der Waals surface area (Å²) < 4.78 is 5.06. The summed E-state index contributed by atoms with van der Waals surface area (Å²) in [7, 11) is 0. The van der Waals surface area contributed by atoms with E-state index in [1.54, 1.807) is 22.3 Å². The Kier molecular flexibility index (Phi) is 6.79. The maximum absolute atomic E-state index is 12.3. The molecule has 0 saturated carbocycles. The predicted molar refractivity (Wildman–Crippen MR) is 107 cm³/mol. The van der Waals surface area contributed by atoms with Crippen LogP contribution in [0.4, 0.5) is 0 Å². The van der Waals surface area contributed by atoms with Crippen LogP contribution in [0.25, 0.3) is 6.08 Å².